The number of amides is 1. The van der Waals surface area contributed by atoms with Crippen LogP contribution >= 0.6 is 0 Å². The highest BCUT2D eigenvalue weighted by molar-refractivity contribution is 5.86. The molecule has 0 aromatic heterocycles. The third-order valence-electron chi connectivity index (χ3n) is 3.83. The summed E-state index contributed by atoms with van der Waals surface area (Å²) in [4.78, 5) is 15.9. The summed E-state index contributed by atoms with van der Waals surface area (Å²) < 4.78 is 13.3. The van der Waals surface area contributed by atoms with Crippen LogP contribution in [0.15, 0.2) is 18.2 Å². The minimum absolute atomic E-state index is 0.0775. The lowest BCUT2D eigenvalue weighted by molar-refractivity contribution is -0.147. The fourth-order valence-electron chi connectivity index (χ4n) is 2.45. The number of nitrogens with two attached hydrogens (primary N) is 1. The van der Waals surface area contributed by atoms with Crippen LogP contribution in [0, 0.1) is 5.82 Å². The number of hydrogen-bond donors (Lipinski definition) is 1. The standard InChI is InChI=1S/C14H20FN3O/c1-14(2)13(19)17(3)6-7-18(14)9-10-8-11(15)4-5-12(10)16/h4-5,8H,6-7,9,16H2,1-3H3. The summed E-state index contributed by atoms with van der Waals surface area (Å²) in [5.41, 5.74) is 6.56. The number of benzene rings is 1. The first-order valence-corrected chi connectivity index (χ1v) is 6.37. The summed E-state index contributed by atoms with van der Waals surface area (Å²) in [7, 11) is 1.80. The van der Waals surface area contributed by atoms with Crippen LogP contribution in [0.4, 0.5) is 10.1 Å². The summed E-state index contributed by atoms with van der Waals surface area (Å²) >= 11 is 0. The number of piperazine rings is 1. The summed E-state index contributed by atoms with van der Waals surface area (Å²) in [6.07, 6.45) is 0. The van der Waals surface area contributed by atoms with Crippen LogP contribution in [-0.2, 0) is 11.3 Å². The molecule has 1 saturated heterocycles. The van der Waals surface area contributed by atoms with E-state index in [1.54, 1.807) is 18.0 Å². The molecule has 0 radical (unpaired) electrons. The van der Waals surface area contributed by atoms with E-state index >= 15 is 0 Å². The van der Waals surface area contributed by atoms with Crippen LogP contribution in [0.25, 0.3) is 0 Å². The highest BCUT2D eigenvalue weighted by Crippen LogP contribution is 2.25. The van der Waals surface area contributed by atoms with Crippen molar-refractivity contribution in [3.8, 4) is 0 Å². The van der Waals surface area contributed by atoms with Crippen LogP contribution in [0.5, 0.6) is 0 Å². The van der Waals surface area contributed by atoms with E-state index in [1.807, 2.05) is 18.7 Å². The van der Waals surface area contributed by atoms with Crippen molar-refractivity contribution < 1.29 is 9.18 Å². The smallest absolute Gasteiger partial charge is 0.242 e. The Morgan fingerprint density at radius 1 is 1.37 bits per heavy atom. The Morgan fingerprint density at radius 3 is 2.74 bits per heavy atom. The van der Waals surface area contributed by atoms with Crippen LogP contribution in [0.1, 0.15) is 19.4 Å². The molecule has 19 heavy (non-hydrogen) atoms. The highest BCUT2D eigenvalue weighted by Gasteiger charge is 2.40. The van der Waals surface area contributed by atoms with Gasteiger partial charge in [0.25, 0.3) is 0 Å². The predicted molar refractivity (Wildman–Crippen MR) is 72.9 cm³/mol. The van der Waals surface area contributed by atoms with Crippen molar-refractivity contribution in [3.63, 3.8) is 0 Å². The van der Waals surface area contributed by atoms with E-state index in [2.05, 4.69) is 0 Å². The molecule has 1 aromatic carbocycles. The fraction of sp³-hybridized carbons (Fsp3) is 0.500. The number of likely N-dealkylation sites (N-methyl/N-ethyl adjacent to an activating group) is 1. The van der Waals surface area contributed by atoms with Gasteiger partial charge in [-0.3, -0.25) is 9.69 Å². The molecule has 0 unspecified atom stereocenters. The van der Waals surface area contributed by atoms with Gasteiger partial charge in [0.15, 0.2) is 0 Å². The number of hydrogen-bond acceptors (Lipinski definition) is 3. The molecule has 0 bridgehead atoms. The first kappa shape index (κ1) is 13.8. The number of halogens is 1. The van der Waals surface area contributed by atoms with Gasteiger partial charge < -0.3 is 10.6 Å². The molecule has 1 aromatic rings. The number of anilines is 1. The zero-order valence-corrected chi connectivity index (χ0v) is 11.6. The molecule has 0 aliphatic carbocycles. The summed E-state index contributed by atoms with van der Waals surface area (Å²) in [5.74, 6) is -0.226. The van der Waals surface area contributed by atoms with Crippen LogP contribution in [0.2, 0.25) is 0 Å². The topological polar surface area (TPSA) is 49.6 Å². The molecule has 1 heterocycles. The maximum atomic E-state index is 13.3. The van der Waals surface area contributed by atoms with E-state index in [0.717, 1.165) is 12.1 Å². The zero-order chi connectivity index (χ0) is 14.2. The number of carbonyl (C=O) groups is 1. The van der Waals surface area contributed by atoms with Crippen molar-refractivity contribution in [2.75, 3.05) is 25.9 Å². The van der Waals surface area contributed by atoms with Gasteiger partial charge in [0.2, 0.25) is 5.91 Å². The largest absolute Gasteiger partial charge is 0.398 e. The van der Waals surface area contributed by atoms with Gasteiger partial charge in [0, 0.05) is 32.4 Å². The van der Waals surface area contributed by atoms with E-state index < -0.39 is 5.54 Å². The van der Waals surface area contributed by atoms with E-state index in [0.29, 0.717) is 18.8 Å². The monoisotopic (exact) mass is 265 g/mol. The predicted octanol–water partition coefficient (Wildman–Crippen LogP) is 1.46. The molecule has 2 rings (SSSR count). The van der Waals surface area contributed by atoms with Gasteiger partial charge in [0.1, 0.15) is 5.82 Å². The first-order chi connectivity index (χ1) is 8.82. The Kier molecular flexibility index (Phi) is 3.49. The highest BCUT2D eigenvalue weighted by atomic mass is 19.1. The third kappa shape index (κ3) is 2.56. The molecule has 0 spiro atoms. The maximum Gasteiger partial charge on any atom is 0.242 e. The average Bonchev–Trinajstić information content (AvgIpc) is 2.35. The Morgan fingerprint density at radius 2 is 2.05 bits per heavy atom. The number of rotatable bonds is 2. The van der Waals surface area contributed by atoms with Crippen molar-refractivity contribution in [3.05, 3.63) is 29.6 Å². The van der Waals surface area contributed by atoms with Gasteiger partial charge in [-0.05, 0) is 37.6 Å². The van der Waals surface area contributed by atoms with Gasteiger partial charge in [0.05, 0.1) is 5.54 Å². The molecule has 0 atom stereocenters. The molecular formula is C14H20FN3O. The van der Waals surface area contributed by atoms with Gasteiger partial charge in [-0.25, -0.2) is 4.39 Å². The fourth-order valence-corrected chi connectivity index (χ4v) is 2.45. The Balaban J connectivity index is 2.23. The van der Waals surface area contributed by atoms with E-state index in [4.69, 9.17) is 5.73 Å². The minimum atomic E-state index is -0.592. The second-order valence-corrected chi connectivity index (χ2v) is 5.55. The Bertz CT molecular complexity index is 501. The molecule has 1 fully saturated rings. The molecule has 2 N–H and O–H groups in total. The maximum absolute atomic E-state index is 13.3. The Hall–Kier alpha value is -1.62. The Labute approximate surface area is 113 Å². The van der Waals surface area contributed by atoms with Crippen molar-refractivity contribution >= 4 is 11.6 Å². The zero-order valence-electron chi connectivity index (χ0n) is 11.6. The normalized spacial score (nSPS) is 19.8. The van der Waals surface area contributed by atoms with Gasteiger partial charge in [-0.15, -0.1) is 0 Å². The number of nitrogen functional groups attached to an aromatic ring is 1. The molecular weight excluding hydrogens is 245 g/mol. The average molecular weight is 265 g/mol. The number of carbonyl (C=O) groups excluding carboxylic acids is 1. The summed E-state index contributed by atoms with van der Waals surface area (Å²) in [6.45, 7) is 5.69. The second-order valence-electron chi connectivity index (χ2n) is 5.55. The van der Waals surface area contributed by atoms with Crippen molar-refractivity contribution in [1.29, 1.82) is 0 Å². The molecule has 1 aliphatic heterocycles. The van der Waals surface area contributed by atoms with Gasteiger partial charge in [-0.1, -0.05) is 0 Å². The van der Waals surface area contributed by atoms with Crippen LogP contribution < -0.4 is 5.73 Å². The quantitative estimate of drug-likeness (QED) is 0.824. The molecule has 0 saturated carbocycles. The van der Waals surface area contributed by atoms with E-state index in [-0.39, 0.29) is 11.7 Å². The SMILES string of the molecule is CN1CCN(Cc2cc(F)ccc2N)C(C)(C)C1=O. The van der Waals surface area contributed by atoms with Crippen LogP contribution in [0.3, 0.4) is 0 Å². The third-order valence-corrected chi connectivity index (χ3v) is 3.83. The van der Waals surface area contributed by atoms with Gasteiger partial charge in [-0.2, -0.15) is 0 Å². The van der Waals surface area contributed by atoms with Gasteiger partial charge >= 0.3 is 0 Å². The first-order valence-electron chi connectivity index (χ1n) is 6.37. The van der Waals surface area contributed by atoms with E-state index in [9.17, 15) is 9.18 Å². The number of nitrogens with zero attached hydrogens (tertiary/aromatic N) is 2. The molecule has 4 nitrogen and oxygen atoms in total. The van der Waals surface area contributed by atoms with Crippen molar-refractivity contribution in [2.45, 2.75) is 25.9 Å². The molecule has 1 amide bonds. The lowest BCUT2D eigenvalue weighted by Gasteiger charge is -2.44. The summed E-state index contributed by atoms with van der Waals surface area (Å²) in [6, 6.07) is 4.35. The molecule has 1 aliphatic rings. The van der Waals surface area contributed by atoms with E-state index in [1.165, 1.54) is 12.1 Å². The molecule has 104 valence electrons. The van der Waals surface area contributed by atoms with Crippen molar-refractivity contribution in [2.24, 2.45) is 0 Å². The van der Waals surface area contributed by atoms with Crippen molar-refractivity contribution in [1.82, 2.24) is 9.80 Å². The van der Waals surface area contributed by atoms with Crippen LogP contribution in [-0.4, -0.2) is 41.4 Å². The second kappa shape index (κ2) is 4.81. The lowest BCUT2D eigenvalue weighted by atomic mass is 9.96. The minimum Gasteiger partial charge on any atom is -0.398 e. The molecule has 5 heteroatoms. The summed E-state index contributed by atoms with van der Waals surface area (Å²) in [5, 5.41) is 0. The lowest BCUT2D eigenvalue weighted by Crippen LogP contribution is -2.61.